The molecule has 0 unspecified atom stereocenters. The second-order valence-corrected chi connectivity index (χ2v) is 4.34. The minimum absolute atomic E-state index is 0.00954. The lowest BCUT2D eigenvalue weighted by Gasteiger charge is -2.25. The fraction of sp³-hybridized carbons (Fsp3) is 0.333. The molecule has 3 nitrogen and oxygen atoms in total. The number of allylic oxidation sites excluding steroid dienone is 1. The van der Waals surface area contributed by atoms with Gasteiger partial charge < -0.3 is 4.90 Å². The summed E-state index contributed by atoms with van der Waals surface area (Å²) in [7, 11) is 0. The lowest BCUT2D eigenvalue weighted by Crippen LogP contribution is -2.24. The van der Waals surface area contributed by atoms with Crippen LogP contribution in [0.2, 0.25) is 0 Å². The van der Waals surface area contributed by atoms with Gasteiger partial charge in [-0.15, -0.1) is 11.6 Å². The molecule has 1 aromatic carbocycles. The van der Waals surface area contributed by atoms with Crippen LogP contribution in [0.5, 0.6) is 0 Å². The van der Waals surface area contributed by atoms with Gasteiger partial charge in [0.2, 0.25) is 0 Å². The molecule has 0 radical (unpaired) electrons. The van der Waals surface area contributed by atoms with Gasteiger partial charge in [-0.2, -0.15) is 5.26 Å². The molecule has 0 aliphatic heterocycles. The molecule has 106 valence electrons. The summed E-state index contributed by atoms with van der Waals surface area (Å²) in [5.41, 5.74) is 1.14. The zero-order valence-electron chi connectivity index (χ0n) is 11.5. The van der Waals surface area contributed by atoms with Gasteiger partial charge in [0.25, 0.3) is 0 Å². The Labute approximate surface area is 123 Å². The van der Waals surface area contributed by atoms with E-state index < -0.39 is 5.78 Å². The van der Waals surface area contributed by atoms with Gasteiger partial charge in [-0.3, -0.25) is 4.79 Å². The van der Waals surface area contributed by atoms with Crippen LogP contribution in [0, 0.1) is 17.1 Å². The van der Waals surface area contributed by atoms with Crippen LogP contribution in [-0.2, 0) is 4.79 Å². The lowest BCUT2D eigenvalue weighted by molar-refractivity contribution is -0.113. The van der Waals surface area contributed by atoms with E-state index >= 15 is 0 Å². The second-order valence-electron chi connectivity index (χ2n) is 4.07. The molecule has 0 aliphatic carbocycles. The maximum absolute atomic E-state index is 13.0. The van der Waals surface area contributed by atoms with Crippen LogP contribution in [0.1, 0.15) is 19.4 Å². The van der Waals surface area contributed by atoms with Gasteiger partial charge >= 0.3 is 0 Å². The number of hydrogen-bond donors (Lipinski definition) is 0. The summed E-state index contributed by atoms with van der Waals surface area (Å²) in [6.45, 7) is 5.11. The summed E-state index contributed by atoms with van der Waals surface area (Å²) in [6, 6.07) is 7.65. The average molecular weight is 295 g/mol. The van der Waals surface area contributed by atoms with Gasteiger partial charge in [0.05, 0.1) is 11.6 Å². The number of rotatable bonds is 6. The van der Waals surface area contributed by atoms with E-state index in [0.29, 0.717) is 24.4 Å². The van der Waals surface area contributed by atoms with Crippen molar-refractivity contribution in [1.82, 2.24) is 4.90 Å². The zero-order valence-corrected chi connectivity index (χ0v) is 12.2. The first-order chi connectivity index (χ1) is 9.58. The van der Waals surface area contributed by atoms with Crippen molar-refractivity contribution in [1.29, 1.82) is 5.26 Å². The third-order valence-electron chi connectivity index (χ3n) is 2.95. The Bertz CT molecular complexity index is 542. The van der Waals surface area contributed by atoms with E-state index in [1.165, 1.54) is 12.1 Å². The van der Waals surface area contributed by atoms with Crippen LogP contribution in [0.4, 0.5) is 4.39 Å². The average Bonchev–Trinajstić information content (AvgIpc) is 2.48. The molecule has 1 rings (SSSR count). The Kier molecular flexibility index (Phi) is 6.20. The Morgan fingerprint density at radius 1 is 1.30 bits per heavy atom. The molecule has 5 heteroatoms. The Balaban J connectivity index is 3.49. The summed E-state index contributed by atoms with van der Waals surface area (Å²) in [6.07, 6.45) is 0. The molecule has 0 heterocycles. The van der Waals surface area contributed by atoms with Crippen molar-refractivity contribution in [2.75, 3.05) is 19.0 Å². The maximum Gasteiger partial charge on any atom is 0.190 e. The van der Waals surface area contributed by atoms with Gasteiger partial charge in [0.1, 0.15) is 17.5 Å². The van der Waals surface area contributed by atoms with E-state index in [-0.39, 0.29) is 17.3 Å². The van der Waals surface area contributed by atoms with E-state index in [0.717, 1.165) is 0 Å². The van der Waals surface area contributed by atoms with E-state index in [1.54, 1.807) is 12.1 Å². The number of halogens is 2. The Morgan fingerprint density at radius 2 is 1.85 bits per heavy atom. The van der Waals surface area contributed by atoms with Crippen LogP contribution in [-0.4, -0.2) is 29.7 Å². The number of carbonyl (C=O) groups excluding carboxylic acids is 1. The number of hydrogen-bond acceptors (Lipinski definition) is 3. The van der Waals surface area contributed by atoms with Gasteiger partial charge in [-0.25, -0.2) is 4.39 Å². The van der Waals surface area contributed by atoms with Crippen molar-refractivity contribution in [3.63, 3.8) is 0 Å². The monoisotopic (exact) mass is 294 g/mol. The number of alkyl halides is 1. The molecule has 0 atom stereocenters. The van der Waals surface area contributed by atoms with Crippen molar-refractivity contribution in [2.24, 2.45) is 0 Å². The fourth-order valence-corrected chi connectivity index (χ4v) is 2.08. The third-order valence-corrected chi connectivity index (χ3v) is 3.19. The molecule has 0 saturated heterocycles. The van der Waals surface area contributed by atoms with Crippen molar-refractivity contribution in [2.45, 2.75) is 13.8 Å². The second kappa shape index (κ2) is 7.66. The minimum Gasteiger partial charge on any atom is -0.370 e. The predicted molar refractivity (Wildman–Crippen MR) is 77.6 cm³/mol. The molecule has 0 bridgehead atoms. The normalized spacial score (nSPS) is 11.6. The van der Waals surface area contributed by atoms with E-state index in [4.69, 9.17) is 11.6 Å². The number of ketones is 1. The van der Waals surface area contributed by atoms with E-state index in [9.17, 15) is 14.4 Å². The standard InChI is InChI=1S/C15H16ClFN2O/c1-3-19(4-2)15(13(10-18)14(20)9-16)11-5-7-12(17)8-6-11/h5-8H,3-4,9H2,1-2H3. The van der Waals surface area contributed by atoms with Gasteiger partial charge in [0, 0.05) is 13.1 Å². The van der Waals surface area contributed by atoms with Crippen molar-refractivity contribution >= 4 is 23.1 Å². The summed E-state index contributed by atoms with van der Waals surface area (Å²) >= 11 is 5.56. The lowest BCUT2D eigenvalue weighted by atomic mass is 10.0. The van der Waals surface area contributed by atoms with Crippen LogP contribution < -0.4 is 0 Å². The number of benzene rings is 1. The first-order valence-electron chi connectivity index (χ1n) is 6.33. The minimum atomic E-state index is -0.430. The topological polar surface area (TPSA) is 44.1 Å². The predicted octanol–water partition coefficient (Wildman–Crippen LogP) is 3.21. The number of carbonyl (C=O) groups is 1. The molecule has 0 fully saturated rings. The Morgan fingerprint density at radius 3 is 2.25 bits per heavy atom. The molecule has 0 aromatic heterocycles. The van der Waals surface area contributed by atoms with Crippen LogP contribution in [0.3, 0.4) is 0 Å². The highest BCUT2D eigenvalue weighted by Crippen LogP contribution is 2.24. The third kappa shape index (κ3) is 3.58. The number of nitriles is 1. The van der Waals surface area contributed by atoms with Gasteiger partial charge in [0.15, 0.2) is 5.78 Å². The number of Topliss-reactive ketones (excluding diaryl/α,β-unsaturated/α-hetero) is 1. The molecule has 0 spiro atoms. The molecule has 0 aliphatic rings. The number of nitrogens with zero attached hydrogens (tertiary/aromatic N) is 2. The molecule has 0 N–H and O–H groups in total. The SMILES string of the molecule is CCN(CC)C(=C(C#N)C(=O)CCl)c1ccc(F)cc1. The highest BCUT2D eigenvalue weighted by Gasteiger charge is 2.20. The highest BCUT2D eigenvalue weighted by atomic mass is 35.5. The van der Waals surface area contributed by atoms with Gasteiger partial charge in [-0.1, -0.05) is 0 Å². The molecular weight excluding hydrogens is 279 g/mol. The Hall–Kier alpha value is -1.86. The quantitative estimate of drug-likeness (QED) is 0.460. The van der Waals surface area contributed by atoms with Crippen molar-refractivity contribution in [3.05, 3.63) is 41.2 Å². The summed E-state index contributed by atoms with van der Waals surface area (Å²) in [5, 5.41) is 9.27. The fourth-order valence-electron chi connectivity index (χ4n) is 1.95. The van der Waals surface area contributed by atoms with Crippen LogP contribution >= 0.6 is 11.6 Å². The summed E-state index contributed by atoms with van der Waals surface area (Å²) in [4.78, 5) is 13.7. The van der Waals surface area contributed by atoms with Crippen LogP contribution in [0.25, 0.3) is 5.70 Å². The summed E-state index contributed by atoms with van der Waals surface area (Å²) < 4.78 is 13.0. The van der Waals surface area contributed by atoms with E-state index in [2.05, 4.69) is 0 Å². The summed E-state index contributed by atoms with van der Waals surface area (Å²) in [5.74, 6) is -1.05. The molecule has 0 saturated carbocycles. The van der Waals surface area contributed by atoms with Crippen molar-refractivity contribution < 1.29 is 9.18 Å². The van der Waals surface area contributed by atoms with Gasteiger partial charge in [-0.05, 0) is 43.7 Å². The molecule has 0 amide bonds. The zero-order chi connectivity index (χ0) is 15.1. The highest BCUT2D eigenvalue weighted by molar-refractivity contribution is 6.32. The smallest absolute Gasteiger partial charge is 0.190 e. The largest absolute Gasteiger partial charge is 0.370 e. The maximum atomic E-state index is 13.0. The first-order valence-corrected chi connectivity index (χ1v) is 6.86. The molecule has 1 aromatic rings. The molecule has 20 heavy (non-hydrogen) atoms. The van der Waals surface area contributed by atoms with Crippen molar-refractivity contribution in [3.8, 4) is 6.07 Å². The van der Waals surface area contributed by atoms with E-state index in [1.807, 2.05) is 24.8 Å². The molecular formula is C15H16ClFN2O. The van der Waals surface area contributed by atoms with Crippen LogP contribution in [0.15, 0.2) is 29.8 Å². The first kappa shape index (κ1) is 16.2.